The van der Waals surface area contributed by atoms with Crippen LogP contribution < -0.4 is 5.73 Å². The number of rotatable bonds is 6. The van der Waals surface area contributed by atoms with Gasteiger partial charge in [0.05, 0.1) is 6.42 Å². The number of hydrogen-bond donors (Lipinski definition) is 1. The number of nitrogen functional groups attached to an aromatic ring is 1. The number of anilines is 1. The molecular weight excluding hydrogens is 315 g/mol. The van der Waals surface area contributed by atoms with E-state index in [1.54, 1.807) is 12.1 Å². The minimum atomic E-state index is -0.226. The molecule has 3 rings (SSSR count). The van der Waals surface area contributed by atoms with Crippen molar-refractivity contribution < 1.29 is 9.18 Å². The fourth-order valence-corrected chi connectivity index (χ4v) is 3.54. The summed E-state index contributed by atoms with van der Waals surface area (Å²) >= 11 is 0. The Labute approximate surface area is 148 Å². The Balaban J connectivity index is 1.66. The van der Waals surface area contributed by atoms with Gasteiger partial charge in [0.15, 0.2) is 0 Å². The van der Waals surface area contributed by atoms with E-state index in [-0.39, 0.29) is 11.7 Å². The van der Waals surface area contributed by atoms with Crippen LogP contribution in [0.1, 0.15) is 36.8 Å². The zero-order chi connectivity index (χ0) is 17.6. The van der Waals surface area contributed by atoms with Crippen molar-refractivity contribution in [2.75, 3.05) is 12.3 Å². The molecule has 1 saturated carbocycles. The predicted molar refractivity (Wildman–Crippen MR) is 98.6 cm³/mol. The Kier molecular flexibility index (Phi) is 5.69. The number of nitrogens with zero attached hydrogens (tertiary/aromatic N) is 1. The lowest BCUT2D eigenvalue weighted by Gasteiger charge is -2.29. The highest BCUT2D eigenvalue weighted by atomic mass is 19.1. The fourth-order valence-electron chi connectivity index (χ4n) is 3.54. The summed E-state index contributed by atoms with van der Waals surface area (Å²) in [5, 5.41) is 0. The Morgan fingerprint density at radius 2 is 1.60 bits per heavy atom. The molecule has 4 heteroatoms. The number of nitrogens with two attached hydrogens (primary N) is 1. The van der Waals surface area contributed by atoms with Crippen molar-refractivity contribution in [2.45, 2.75) is 44.6 Å². The summed E-state index contributed by atoms with van der Waals surface area (Å²) in [7, 11) is 0. The Hall–Kier alpha value is -2.36. The highest BCUT2D eigenvalue weighted by molar-refractivity contribution is 5.79. The van der Waals surface area contributed by atoms with Crippen molar-refractivity contribution in [3.8, 4) is 0 Å². The van der Waals surface area contributed by atoms with Gasteiger partial charge in [-0.2, -0.15) is 0 Å². The van der Waals surface area contributed by atoms with Gasteiger partial charge in [-0.25, -0.2) is 4.39 Å². The molecule has 0 saturated heterocycles. The van der Waals surface area contributed by atoms with Crippen LogP contribution in [0.5, 0.6) is 0 Å². The fraction of sp³-hybridized carbons (Fsp3) is 0.381. The van der Waals surface area contributed by atoms with Crippen LogP contribution in [-0.4, -0.2) is 23.4 Å². The van der Waals surface area contributed by atoms with E-state index in [1.165, 1.54) is 25.0 Å². The predicted octanol–water partition coefficient (Wildman–Crippen LogP) is 3.96. The van der Waals surface area contributed by atoms with Crippen LogP contribution in [0.25, 0.3) is 0 Å². The first kappa shape index (κ1) is 17.5. The second-order valence-corrected chi connectivity index (χ2v) is 6.82. The van der Waals surface area contributed by atoms with Gasteiger partial charge in [-0.05, 0) is 54.7 Å². The average Bonchev–Trinajstić information content (AvgIpc) is 3.13. The first-order chi connectivity index (χ1) is 12.1. The molecule has 0 heterocycles. The summed E-state index contributed by atoms with van der Waals surface area (Å²) in [6.07, 6.45) is 5.69. The summed E-state index contributed by atoms with van der Waals surface area (Å²) in [4.78, 5) is 14.9. The molecule has 2 aromatic rings. The van der Waals surface area contributed by atoms with E-state index in [2.05, 4.69) is 0 Å². The van der Waals surface area contributed by atoms with Gasteiger partial charge in [0.1, 0.15) is 5.82 Å². The van der Waals surface area contributed by atoms with E-state index in [0.717, 1.165) is 30.4 Å². The van der Waals surface area contributed by atoms with Gasteiger partial charge in [-0.3, -0.25) is 4.79 Å². The molecule has 3 nitrogen and oxygen atoms in total. The molecule has 0 aliphatic heterocycles. The third kappa shape index (κ3) is 4.81. The van der Waals surface area contributed by atoms with Crippen molar-refractivity contribution in [3.63, 3.8) is 0 Å². The average molecular weight is 340 g/mol. The quantitative estimate of drug-likeness (QED) is 0.809. The molecule has 0 atom stereocenters. The largest absolute Gasteiger partial charge is 0.399 e. The second-order valence-electron chi connectivity index (χ2n) is 6.82. The summed E-state index contributed by atoms with van der Waals surface area (Å²) < 4.78 is 13.1. The Morgan fingerprint density at radius 3 is 2.24 bits per heavy atom. The Bertz CT molecular complexity index is 691. The van der Waals surface area contributed by atoms with Crippen molar-refractivity contribution in [3.05, 3.63) is 65.5 Å². The van der Waals surface area contributed by atoms with Gasteiger partial charge in [-0.15, -0.1) is 0 Å². The van der Waals surface area contributed by atoms with Crippen LogP contribution in [0.4, 0.5) is 10.1 Å². The van der Waals surface area contributed by atoms with Gasteiger partial charge in [0, 0.05) is 18.3 Å². The van der Waals surface area contributed by atoms with E-state index in [4.69, 9.17) is 5.73 Å². The summed E-state index contributed by atoms with van der Waals surface area (Å²) in [5.74, 6) is -0.0605. The van der Waals surface area contributed by atoms with Gasteiger partial charge in [0.2, 0.25) is 5.91 Å². The zero-order valence-corrected chi connectivity index (χ0v) is 14.5. The number of amides is 1. The van der Waals surface area contributed by atoms with Crippen LogP contribution >= 0.6 is 0 Å². The summed E-state index contributed by atoms with van der Waals surface area (Å²) in [5.41, 5.74) is 8.48. The van der Waals surface area contributed by atoms with Crippen LogP contribution in [0.2, 0.25) is 0 Å². The van der Waals surface area contributed by atoms with E-state index in [1.807, 2.05) is 29.2 Å². The molecule has 1 aliphatic carbocycles. The maximum absolute atomic E-state index is 13.1. The molecule has 1 fully saturated rings. The third-order valence-corrected chi connectivity index (χ3v) is 4.98. The van der Waals surface area contributed by atoms with E-state index < -0.39 is 0 Å². The maximum Gasteiger partial charge on any atom is 0.227 e. The minimum Gasteiger partial charge on any atom is -0.399 e. The van der Waals surface area contributed by atoms with Gasteiger partial charge in [-0.1, -0.05) is 37.1 Å². The first-order valence-electron chi connectivity index (χ1n) is 9.00. The molecule has 1 amide bonds. The molecular formula is C21H25FN2O. The molecule has 0 radical (unpaired) electrons. The maximum atomic E-state index is 13.1. The molecule has 2 N–H and O–H groups in total. The number of hydrogen-bond acceptors (Lipinski definition) is 2. The lowest BCUT2D eigenvalue weighted by atomic mass is 10.1. The molecule has 0 unspecified atom stereocenters. The highest BCUT2D eigenvalue weighted by Crippen LogP contribution is 2.24. The third-order valence-electron chi connectivity index (χ3n) is 4.98. The van der Waals surface area contributed by atoms with Crippen LogP contribution in [0.15, 0.2) is 48.5 Å². The van der Waals surface area contributed by atoms with E-state index in [0.29, 0.717) is 24.7 Å². The van der Waals surface area contributed by atoms with Crippen molar-refractivity contribution >= 4 is 11.6 Å². The SMILES string of the molecule is Nc1ccc(CC(=O)N(CCc2ccc(F)cc2)C2CCCC2)cc1. The second kappa shape index (κ2) is 8.15. The smallest absolute Gasteiger partial charge is 0.227 e. The van der Waals surface area contributed by atoms with E-state index >= 15 is 0 Å². The molecule has 25 heavy (non-hydrogen) atoms. The van der Waals surface area contributed by atoms with Gasteiger partial charge >= 0.3 is 0 Å². The van der Waals surface area contributed by atoms with Gasteiger partial charge < -0.3 is 10.6 Å². The van der Waals surface area contributed by atoms with Crippen molar-refractivity contribution in [1.82, 2.24) is 4.90 Å². The number of carbonyl (C=O) groups is 1. The molecule has 0 spiro atoms. The van der Waals surface area contributed by atoms with E-state index in [9.17, 15) is 9.18 Å². The van der Waals surface area contributed by atoms with Crippen molar-refractivity contribution in [2.24, 2.45) is 0 Å². The lowest BCUT2D eigenvalue weighted by Crippen LogP contribution is -2.41. The van der Waals surface area contributed by atoms with Crippen LogP contribution in [0, 0.1) is 5.82 Å². The first-order valence-corrected chi connectivity index (χ1v) is 9.00. The Morgan fingerprint density at radius 1 is 1.00 bits per heavy atom. The van der Waals surface area contributed by atoms with Crippen LogP contribution in [-0.2, 0) is 17.6 Å². The van der Waals surface area contributed by atoms with Crippen molar-refractivity contribution in [1.29, 1.82) is 0 Å². The summed E-state index contributed by atoms with van der Waals surface area (Å²) in [6.45, 7) is 0.685. The molecule has 2 aromatic carbocycles. The number of benzene rings is 2. The summed E-state index contributed by atoms with van der Waals surface area (Å²) in [6, 6.07) is 14.4. The number of carbonyl (C=O) groups excluding carboxylic acids is 1. The minimum absolute atomic E-state index is 0.166. The normalized spacial score (nSPS) is 14.6. The van der Waals surface area contributed by atoms with Gasteiger partial charge in [0.25, 0.3) is 0 Å². The monoisotopic (exact) mass is 340 g/mol. The molecule has 132 valence electrons. The highest BCUT2D eigenvalue weighted by Gasteiger charge is 2.26. The lowest BCUT2D eigenvalue weighted by molar-refractivity contribution is -0.132. The number of halogens is 1. The molecule has 1 aliphatic rings. The topological polar surface area (TPSA) is 46.3 Å². The van der Waals surface area contributed by atoms with Crippen LogP contribution in [0.3, 0.4) is 0 Å². The zero-order valence-electron chi connectivity index (χ0n) is 14.5. The molecule has 0 bridgehead atoms. The molecule has 0 aromatic heterocycles. The standard InChI is InChI=1S/C21H25FN2O/c22-18-9-5-16(6-10-18)13-14-24(20-3-1-2-4-20)21(25)15-17-7-11-19(23)12-8-17/h5-12,20H,1-4,13-15,23H2.